The average Bonchev–Trinajstić information content (AvgIpc) is 3.66. The number of carbonyl (C=O) groups excluding carboxylic acids is 3. The molecule has 1 saturated carbocycles. The van der Waals surface area contributed by atoms with Gasteiger partial charge < -0.3 is 15.7 Å². The van der Waals surface area contributed by atoms with Gasteiger partial charge in [-0.05, 0) is 61.1 Å². The lowest BCUT2D eigenvalue weighted by atomic mass is 9.99. The number of ketones is 1. The van der Waals surface area contributed by atoms with Gasteiger partial charge in [0.15, 0.2) is 17.4 Å². The number of phenolic OH excluding ortho intramolecular Hbond substituents is 1. The molecule has 0 aromatic heterocycles. The molecule has 206 valence electrons. The second-order valence-corrected chi connectivity index (χ2v) is 8.94. The first-order valence-electron chi connectivity index (χ1n) is 11.7. The smallest absolute Gasteiger partial charge is 0.407 e. The number of hydrogen-bond donors (Lipinski definition) is 4. The predicted molar refractivity (Wildman–Crippen MR) is 122 cm³/mol. The molecular weight excluding hydrogens is 520 g/mol. The van der Waals surface area contributed by atoms with Crippen molar-refractivity contribution in [3.63, 3.8) is 0 Å². The van der Waals surface area contributed by atoms with E-state index in [1.54, 1.807) is 0 Å². The van der Waals surface area contributed by atoms with Crippen LogP contribution in [0.15, 0.2) is 36.4 Å². The quantitative estimate of drug-likeness (QED) is 0.256. The summed E-state index contributed by atoms with van der Waals surface area (Å²) in [4.78, 5) is 37.8. The summed E-state index contributed by atoms with van der Waals surface area (Å²) >= 11 is 0. The number of nitrogens with one attached hydrogen (secondary N) is 3. The van der Waals surface area contributed by atoms with Crippen molar-refractivity contribution in [2.75, 3.05) is 0 Å². The lowest BCUT2D eigenvalue weighted by Crippen LogP contribution is -2.55. The molecule has 7 nitrogen and oxygen atoms in total. The van der Waals surface area contributed by atoms with Crippen LogP contribution in [0.5, 0.6) is 5.75 Å². The van der Waals surface area contributed by atoms with Crippen molar-refractivity contribution in [3.05, 3.63) is 65.0 Å². The Hall–Kier alpha value is -3.61. The number of halogens is 6. The van der Waals surface area contributed by atoms with Gasteiger partial charge in [0.05, 0.1) is 12.1 Å². The zero-order valence-electron chi connectivity index (χ0n) is 20.0. The molecule has 2 aromatic rings. The summed E-state index contributed by atoms with van der Waals surface area (Å²) in [6, 6.07) is -1.29. The van der Waals surface area contributed by atoms with Crippen LogP contribution < -0.4 is 16.0 Å². The normalized spacial score (nSPS) is 15.9. The van der Waals surface area contributed by atoms with Crippen LogP contribution in [0.4, 0.5) is 26.3 Å². The highest BCUT2D eigenvalue weighted by Gasteiger charge is 2.43. The van der Waals surface area contributed by atoms with Gasteiger partial charge in [0, 0.05) is 6.04 Å². The molecule has 0 radical (unpaired) electrons. The fraction of sp³-hybridized carbons (Fsp3) is 0.400. The van der Waals surface area contributed by atoms with Gasteiger partial charge in [0.1, 0.15) is 11.9 Å². The summed E-state index contributed by atoms with van der Waals surface area (Å²) < 4.78 is 83.1. The van der Waals surface area contributed by atoms with Crippen molar-refractivity contribution >= 4 is 17.6 Å². The number of rotatable bonds is 11. The molecular formula is C25H25F6N3O4. The van der Waals surface area contributed by atoms with Gasteiger partial charge in [0.25, 0.3) is 5.91 Å². The molecule has 4 N–H and O–H groups in total. The standard InChI is InChI=1S/C25H25F6N3O4/c1-2-18(21(36)24(38)32-15-7-8-15)34-23(37)19(11-12-9-16(27)20(35)17(28)10-12)33-22(25(29,30)31)13-3-5-14(26)6-4-13/h3-6,9-10,15,18-19,22,33,35H,2,7-8,11H2,1H3,(H,32,38)(H,34,37)/t18-,19-,22-/m0/s1. The number of carbonyl (C=O) groups is 3. The van der Waals surface area contributed by atoms with E-state index in [1.165, 1.54) is 6.92 Å². The van der Waals surface area contributed by atoms with Crippen LogP contribution >= 0.6 is 0 Å². The summed E-state index contributed by atoms with van der Waals surface area (Å²) in [6.07, 6.45) is -4.39. The molecule has 3 rings (SSSR count). The van der Waals surface area contributed by atoms with Crippen molar-refractivity contribution in [3.8, 4) is 5.75 Å². The first-order chi connectivity index (χ1) is 17.8. The van der Waals surface area contributed by atoms with E-state index < -0.39 is 77.1 Å². The van der Waals surface area contributed by atoms with Crippen molar-refractivity contribution in [2.24, 2.45) is 0 Å². The molecule has 3 atom stereocenters. The van der Waals surface area contributed by atoms with E-state index in [4.69, 9.17) is 0 Å². The Bertz CT molecular complexity index is 1160. The summed E-state index contributed by atoms with van der Waals surface area (Å²) in [7, 11) is 0. The highest BCUT2D eigenvalue weighted by Crippen LogP contribution is 2.33. The molecule has 2 aromatic carbocycles. The molecule has 1 aliphatic carbocycles. The Balaban J connectivity index is 1.90. The molecule has 1 aliphatic rings. The summed E-state index contributed by atoms with van der Waals surface area (Å²) in [5.41, 5.74) is -0.733. The van der Waals surface area contributed by atoms with Crippen molar-refractivity contribution < 1.29 is 45.8 Å². The predicted octanol–water partition coefficient (Wildman–Crippen LogP) is 3.36. The van der Waals surface area contributed by atoms with Gasteiger partial charge in [-0.15, -0.1) is 0 Å². The van der Waals surface area contributed by atoms with E-state index in [2.05, 4.69) is 16.0 Å². The largest absolute Gasteiger partial charge is 0.503 e. The van der Waals surface area contributed by atoms with Crippen LogP contribution in [0.25, 0.3) is 0 Å². The first-order valence-corrected chi connectivity index (χ1v) is 11.7. The van der Waals surface area contributed by atoms with Crippen LogP contribution in [0.1, 0.15) is 43.4 Å². The SMILES string of the molecule is CC[C@H](NC(=O)[C@H](Cc1cc(F)c(O)c(F)c1)N[C@@H](c1ccc(F)cc1)C(F)(F)F)C(=O)C(=O)NC1CC1. The summed E-state index contributed by atoms with van der Waals surface area (Å²) in [5.74, 6) is -8.01. The van der Waals surface area contributed by atoms with Gasteiger partial charge >= 0.3 is 6.18 Å². The minimum atomic E-state index is -4.99. The van der Waals surface area contributed by atoms with Gasteiger partial charge in [-0.2, -0.15) is 13.2 Å². The minimum Gasteiger partial charge on any atom is -0.503 e. The summed E-state index contributed by atoms with van der Waals surface area (Å²) in [5, 5.41) is 16.1. The second kappa shape index (κ2) is 11.8. The number of benzene rings is 2. The Kier molecular flexibility index (Phi) is 9.02. The van der Waals surface area contributed by atoms with E-state index in [0.29, 0.717) is 25.0 Å². The van der Waals surface area contributed by atoms with Gasteiger partial charge in [-0.25, -0.2) is 13.2 Å². The molecule has 0 unspecified atom stereocenters. The van der Waals surface area contributed by atoms with Gasteiger partial charge in [-0.1, -0.05) is 19.1 Å². The van der Waals surface area contributed by atoms with E-state index in [0.717, 1.165) is 24.3 Å². The molecule has 38 heavy (non-hydrogen) atoms. The van der Waals surface area contributed by atoms with Crippen molar-refractivity contribution in [1.29, 1.82) is 0 Å². The highest BCUT2D eigenvalue weighted by molar-refractivity contribution is 6.38. The van der Waals surface area contributed by atoms with E-state index in [-0.39, 0.29) is 18.0 Å². The van der Waals surface area contributed by atoms with Crippen LogP contribution in [-0.4, -0.2) is 47.0 Å². The Morgan fingerprint density at radius 3 is 2.08 bits per heavy atom. The van der Waals surface area contributed by atoms with Crippen LogP contribution in [0, 0.1) is 17.5 Å². The maximum absolute atomic E-state index is 14.0. The van der Waals surface area contributed by atoms with Gasteiger partial charge in [-0.3, -0.25) is 19.7 Å². The maximum atomic E-state index is 14.0. The molecule has 0 aliphatic heterocycles. The topological polar surface area (TPSA) is 108 Å². The van der Waals surface area contributed by atoms with Crippen molar-refractivity contribution in [2.45, 2.75) is 63.0 Å². The molecule has 13 heteroatoms. The Labute approximate surface area is 213 Å². The van der Waals surface area contributed by atoms with Crippen LogP contribution in [0.2, 0.25) is 0 Å². The average molecular weight is 545 g/mol. The number of alkyl halides is 3. The first kappa shape index (κ1) is 29.0. The molecule has 0 bridgehead atoms. The third kappa shape index (κ3) is 7.46. The molecule has 1 fully saturated rings. The van der Waals surface area contributed by atoms with E-state index >= 15 is 0 Å². The second-order valence-electron chi connectivity index (χ2n) is 8.94. The number of phenols is 1. The zero-order chi connectivity index (χ0) is 28.2. The third-order valence-corrected chi connectivity index (χ3v) is 5.91. The highest BCUT2D eigenvalue weighted by atomic mass is 19.4. The minimum absolute atomic E-state index is 0.0709. The molecule has 0 spiro atoms. The zero-order valence-corrected chi connectivity index (χ0v) is 20.0. The van der Waals surface area contributed by atoms with E-state index in [9.17, 15) is 45.8 Å². The Morgan fingerprint density at radius 2 is 1.58 bits per heavy atom. The Morgan fingerprint density at radius 1 is 1.00 bits per heavy atom. The monoisotopic (exact) mass is 545 g/mol. The number of Topliss-reactive ketones (excluding diaryl/α,β-unsaturated/α-hetero) is 1. The number of aromatic hydroxyl groups is 1. The fourth-order valence-corrected chi connectivity index (χ4v) is 3.70. The number of amides is 2. The lowest BCUT2D eigenvalue weighted by Gasteiger charge is -2.28. The maximum Gasteiger partial charge on any atom is 0.407 e. The molecule has 0 heterocycles. The number of hydrogen-bond acceptors (Lipinski definition) is 5. The fourth-order valence-electron chi connectivity index (χ4n) is 3.70. The molecule has 2 amide bonds. The lowest BCUT2D eigenvalue weighted by molar-refractivity contribution is -0.161. The van der Waals surface area contributed by atoms with E-state index in [1.807, 2.05) is 0 Å². The van der Waals surface area contributed by atoms with Crippen LogP contribution in [-0.2, 0) is 20.8 Å². The third-order valence-electron chi connectivity index (χ3n) is 5.91. The van der Waals surface area contributed by atoms with Crippen LogP contribution in [0.3, 0.4) is 0 Å². The van der Waals surface area contributed by atoms with Crippen molar-refractivity contribution in [1.82, 2.24) is 16.0 Å². The molecule has 0 saturated heterocycles. The van der Waals surface area contributed by atoms with Gasteiger partial charge in [0.2, 0.25) is 11.7 Å². The summed E-state index contributed by atoms with van der Waals surface area (Å²) in [6.45, 7) is 1.47.